The van der Waals surface area contributed by atoms with Crippen LogP contribution in [0.1, 0.15) is 5.56 Å². The van der Waals surface area contributed by atoms with E-state index in [1.54, 1.807) is 12.4 Å². The minimum atomic E-state index is 0.0693. The molecule has 0 radical (unpaired) electrons. The van der Waals surface area contributed by atoms with Gasteiger partial charge in [0.1, 0.15) is 5.65 Å². The van der Waals surface area contributed by atoms with Crippen molar-refractivity contribution < 1.29 is 5.11 Å². The molecule has 6 heteroatoms. The van der Waals surface area contributed by atoms with Crippen molar-refractivity contribution in [1.82, 2.24) is 9.97 Å². The van der Waals surface area contributed by atoms with E-state index in [2.05, 4.69) is 53.5 Å². The molecule has 1 aromatic carbocycles. The molecule has 2 aromatic heterocycles. The summed E-state index contributed by atoms with van der Waals surface area (Å²) in [4.78, 5) is 11.4. The number of nitrogens with zero attached hydrogens (tertiary/aromatic N) is 2. The van der Waals surface area contributed by atoms with Gasteiger partial charge in [-0.05, 0) is 68.9 Å². The molecule has 0 bridgehead atoms. The molecule has 0 aliphatic rings. The zero-order valence-electron chi connectivity index (χ0n) is 10.1. The maximum atomic E-state index is 9.94. The fraction of sp³-hybridized carbons (Fsp3) is 0. The average molecular weight is 442 g/mol. The summed E-state index contributed by atoms with van der Waals surface area (Å²) in [5.74, 6) is 0.0693. The number of benzene rings is 1. The van der Waals surface area contributed by atoms with E-state index in [0.717, 1.165) is 19.1 Å². The van der Waals surface area contributed by atoms with Crippen molar-refractivity contribution in [2.24, 2.45) is 4.99 Å². The average Bonchev–Trinajstić information content (AvgIpc) is 2.73. The van der Waals surface area contributed by atoms with Crippen LogP contribution >= 0.6 is 38.5 Å². The van der Waals surface area contributed by atoms with Gasteiger partial charge in [0.2, 0.25) is 0 Å². The van der Waals surface area contributed by atoms with Gasteiger partial charge >= 0.3 is 0 Å². The molecule has 4 nitrogen and oxygen atoms in total. The molecule has 20 heavy (non-hydrogen) atoms. The van der Waals surface area contributed by atoms with E-state index >= 15 is 0 Å². The van der Waals surface area contributed by atoms with Gasteiger partial charge in [-0.2, -0.15) is 0 Å². The second-order valence-corrected chi connectivity index (χ2v) is 6.33. The Morgan fingerprint density at radius 2 is 2.05 bits per heavy atom. The molecule has 0 atom stereocenters. The highest BCUT2D eigenvalue weighted by atomic mass is 127. The Morgan fingerprint density at radius 3 is 2.80 bits per heavy atom. The SMILES string of the molecule is Oc1[nH]c2ncc(Br)cc2c1C=Nc1ccc(I)cc1. The summed E-state index contributed by atoms with van der Waals surface area (Å²) in [6.07, 6.45) is 3.32. The second-order valence-electron chi connectivity index (χ2n) is 4.17. The standard InChI is InChI=1S/C14H9BrIN3O/c15-8-5-11-12(14(20)19-13(11)18-6-8)7-17-10-3-1-9(16)2-4-10/h1-7,20H,(H,18,19). The highest BCUT2D eigenvalue weighted by Crippen LogP contribution is 2.27. The van der Waals surface area contributed by atoms with Crippen molar-refractivity contribution in [1.29, 1.82) is 0 Å². The predicted molar refractivity (Wildman–Crippen MR) is 91.9 cm³/mol. The number of halogens is 2. The van der Waals surface area contributed by atoms with E-state index in [0.29, 0.717) is 11.2 Å². The fourth-order valence-electron chi connectivity index (χ4n) is 1.85. The molecule has 0 saturated carbocycles. The van der Waals surface area contributed by atoms with Crippen LogP contribution in [0.2, 0.25) is 0 Å². The molecular weight excluding hydrogens is 433 g/mol. The van der Waals surface area contributed by atoms with Crippen molar-refractivity contribution in [3.05, 3.63) is 50.1 Å². The van der Waals surface area contributed by atoms with Crippen LogP contribution in [0.25, 0.3) is 11.0 Å². The van der Waals surface area contributed by atoms with Gasteiger partial charge in [0, 0.05) is 25.8 Å². The molecule has 0 amide bonds. The molecule has 100 valence electrons. The smallest absolute Gasteiger partial charge is 0.199 e. The van der Waals surface area contributed by atoms with E-state index in [-0.39, 0.29) is 5.88 Å². The number of aromatic nitrogens is 2. The van der Waals surface area contributed by atoms with Crippen molar-refractivity contribution in [2.75, 3.05) is 0 Å². The van der Waals surface area contributed by atoms with Crippen LogP contribution in [-0.2, 0) is 0 Å². The summed E-state index contributed by atoms with van der Waals surface area (Å²) in [7, 11) is 0. The number of aromatic hydroxyl groups is 1. The molecule has 0 saturated heterocycles. The number of aromatic amines is 1. The van der Waals surface area contributed by atoms with Crippen LogP contribution in [0.4, 0.5) is 5.69 Å². The third-order valence-corrected chi connectivity index (χ3v) is 3.96. The third kappa shape index (κ3) is 2.71. The van der Waals surface area contributed by atoms with Gasteiger partial charge in [-0.25, -0.2) is 4.98 Å². The molecule has 0 unspecified atom stereocenters. The molecule has 0 fully saturated rings. The zero-order chi connectivity index (χ0) is 14.1. The van der Waals surface area contributed by atoms with E-state index in [4.69, 9.17) is 0 Å². The van der Waals surface area contributed by atoms with Gasteiger partial charge in [0.25, 0.3) is 0 Å². The number of pyridine rings is 1. The number of rotatable bonds is 2. The number of aliphatic imine (C=N–C) groups is 1. The van der Waals surface area contributed by atoms with E-state index in [1.807, 2.05) is 30.3 Å². The number of hydrogen-bond acceptors (Lipinski definition) is 3. The Morgan fingerprint density at radius 1 is 1.30 bits per heavy atom. The Kier molecular flexibility index (Phi) is 3.75. The highest BCUT2D eigenvalue weighted by molar-refractivity contribution is 14.1. The fourth-order valence-corrected chi connectivity index (χ4v) is 2.54. The van der Waals surface area contributed by atoms with E-state index in [9.17, 15) is 5.11 Å². The lowest BCUT2D eigenvalue weighted by Gasteiger charge is -1.95. The summed E-state index contributed by atoms with van der Waals surface area (Å²) in [6, 6.07) is 9.73. The van der Waals surface area contributed by atoms with Crippen LogP contribution in [0.5, 0.6) is 5.88 Å². The van der Waals surface area contributed by atoms with E-state index in [1.165, 1.54) is 0 Å². The summed E-state index contributed by atoms with van der Waals surface area (Å²) in [5, 5.41) is 10.8. The van der Waals surface area contributed by atoms with Crippen molar-refractivity contribution in [3.8, 4) is 5.88 Å². The van der Waals surface area contributed by atoms with Gasteiger partial charge in [0.05, 0.1) is 11.3 Å². The first-order valence-electron chi connectivity index (χ1n) is 5.79. The van der Waals surface area contributed by atoms with Gasteiger partial charge in [-0.15, -0.1) is 0 Å². The number of H-pyrrole nitrogens is 1. The van der Waals surface area contributed by atoms with Gasteiger partial charge in [-0.3, -0.25) is 4.99 Å². The molecule has 2 heterocycles. The first-order chi connectivity index (χ1) is 9.63. The second kappa shape index (κ2) is 5.53. The van der Waals surface area contributed by atoms with Crippen molar-refractivity contribution in [3.63, 3.8) is 0 Å². The monoisotopic (exact) mass is 441 g/mol. The summed E-state index contributed by atoms with van der Waals surface area (Å²) >= 11 is 5.62. The van der Waals surface area contributed by atoms with Crippen molar-refractivity contribution in [2.45, 2.75) is 0 Å². The lowest BCUT2D eigenvalue weighted by Crippen LogP contribution is -1.80. The van der Waals surface area contributed by atoms with Crippen LogP contribution < -0.4 is 0 Å². The summed E-state index contributed by atoms with van der Waals surface area (Å²) in [5.41, 5.74) is 2.10. The van der Waals surface area contributed by atoms with Gasteiger partial charge < -0.3 is 10.1 Å². The quantitative estimate of drug-likeness (QED) is 0.457. The molecule has 2 N–H and O–H groups in total. The van der Waals surface area contributed by atoms with Gasteiger partial charge in [-0.1, -0.05) is 0 Å². The number of nitrogens with one attached hydrogen (secondary N) is 1. The highest BCUT2D eigenvalue weighted by Gasteiger charge is 2.10. The first kappa shape index (κ1) is 13.6. The lowest BCUT2D eigenvalue weighted by atomic mass is 10.2. The third-order valence-electron chi connectivity index (χ3n) is 2.81. The molecule has 0 spiro atoms. The predicted octanol–water partition coefficient (Wildman–Crippen LogP) is 4.39. The largest absolute Gasteiger partial charge is 0.494 e. The molecule has 3 rings (SSSR count). The zero-order valence-corrected chi connectivity index (χ0v) is 13.9. The van der Waals surface area contributed by atoms with Gasteiger partial charge in [0.15, 0.2) is 5.88 Å². The molecule has 3 aromatic rings. The summed E-state index contributed by atoms with van der Waals surface area (Å²) in [6.45, 7) is 0. The maximum absolute atomic E-state index is 9.94. The Hall–Kier alpha value is -1.41. The van der Waals surface area contributed by atoms with E-state index < -0.39 is 0 Å². The lowest BCUT2D eigenvalue weighted by molar-refractivity contribution is 0.457. The Balaban J connectivity index is 2.03. The minimum absolute atomic E-state index is 0.0693. The Bertz CT molecular complexity index is 796. The van der Waals surface area contributed by atoms with Crippen LogP contribution in [0.3, 0.4) is 0 Å². The first-order valence-corrected chi connectivity index (χ1v) is 7.66. The maximum Gasteiger partial charge on any atom is 0.199 e. The number of fused-ring (bicyclic) bond motifs is 1. The Labute approximate surface area is 137 Å². The van der Waals surface area contributed by atoms with Crippen molar-refractivity contribution >= 4 is 61.5 Å². The summed E-state index contributed by atoms with van der Waals surface area (Å²) < 4.78 is 2.01. The van der Waals surface area contributed by atoms with Crippen LogP contribution in [-0.4, -0.2) is 21.3 Å². The molecule has 0 aliphatic heterocycles. The minimum Gasteiger partial charge on any atom is -0.494 e. The molecule has 0 aliphatic carbocycles. The topological polar surface area (TPSA) is 61.3 Å². The molecular formula is C14H9BrIN3O. The normalized spacial score (nSPS) is 11.5. The van der Waals surface area contributed by atoms with Crippen LogP contribution in [0, 0.1) is 3.57 Å². The van der Waals surface area contributed by atoms with Crippen LogP contribution in [0.15, 0.2) is 46.0 Å². The number of hydrogen-bond donors (Lipinski definition) is 2.